The summed E-state index contributed by atoms with van der Waals surface area (Å²) in [6.07, 6.45) is 8.97. The van der Waals surface area contributed by atoms with Crippen molar-refractivity contribution in [3.05, 3.63) is 47.5 Å². The fourth-order valence-electron chi connectivity index (χ4n) is 2.40. The summed E-state index contributed by atoms with van der Waals surface area (Å²) in [5.74, 6) is 0.237. The number of carbonyl (C=O) groups is 1. The lowest BCUT2D eigenvalue weighted by Gasteiger charge is -2.07. The summed E-state index contributed by atoms with van der Waals surface area (Å²) in [5.41, 5.74) is 2.36. The third kappa shape index (κ3) is 5.42. The van der Waals surface area contributed by atoms with Gasteiger partial charge in [-0.05, 0) is 43.8 Å². The van der Waals surface area contributed by atoms with E-state index in [1.807, 2.05) is 19.1 Å². The van der Waals surface area contributed by atoms with Gasteiger partial charge < -0.3 is 14.8 Å². The summed E-state index contributed by atoms with van der Waals surface area (Å²) in [7, 11) is 0. The van der Waals surface area contributed by atoms with E-state index < -0.39 is 0 Å². The van der Waals surface area contributed by atoms with E-state index in [-0.39, 0.29) is 5.91 Å². The van der Waals surface area contributed by atoms with Gasteiger partial charge in [-0.2, -0.15) is 0 Å². The fourth-order valence-corrected chi connectivity index (χ4v) is 3.99. The highest BCUT2D eigenvalue weighted by molar-refractivity contribution is 8.01. The molecule has 1 aliphatic carbocycles. The van der Waals surface area contributed by atoms with Crippen LogP contribution >= 0.6 is 23.3 Å². The number of anilines is 1. The molecule has 3 aromatic rings. The molecule has 4 rings (SSSR count). The number of aromatic nitrogens is 4. The maximum Gasteiger partial charge on any atom is 0.263 e. The van der Waals surface area contributed by atoms with Gasteiger partial charge in [-0.25, -0.2) is 9.97 Å². The number of amides is 1. The molecule has 1 aliphatic rings. The number of hydrogen-bond donors (Lipinski definition) is 2. The van der Waals surface area contributed by atoms with Gasteiger partial charge in [0.2, 0.25) is 5.88 Å². The van der Waals surface area contributed by atoms with Crippen LogP contribution in [0.4, 0.5) is 5.69 Å². The minimum atomic E-state index is -0.199. The SMILES string of the molecule is CCOc1cncc(-c2ncc(C(=O)NCc3cc(NSC4CC4)ccn3)s2)n1. The number of nitrogens with one attached hydrogen (secondary N) is 2. The number of hydrogen-bond acceptors (Lipinski definition) is 9. The molecular formula is C19H20N6O2S2. The molecular weight excluding hydrogens is 408 g/mol. The molecule has 1 amide bonds. The molecule has 0 atom stereocenters. The molecule has 0 unspecified atom stereocenters. The molecule has 0 aromatic carbocycles. The van der Waals surface area contributed by atoms with Crippen molar-refractivity contribution in [1.82, 2.24) is 25.3 Å². The number of thiazole rings is 1. The maximum absolute atomic E-state index is 12.5. The monoisotopic (exact) mass is 428 g/mol. The van der Waals surface area contributed by atoms with E-state index in [1.54, 1.807) is 36.7 Å². The Balaban J connectivity index is 1.35. The molecule has 29 heavy (non-hydrogen) atoms. The first-order valence-corrected chi connectivity index (χ1v) is 11.0. The smallest absolute Gasteiger partial charge is 0.263 e. The van der Waals surface area contributed by atoms with E-state index in [9.17, 15) is 4.79 Å². The predicted molar refractivity (Wildman–Crippen MR) is 114 cm³/mol. The second kappa shape index (κ2) is 9.19. The summed E-state index contributed by atoms with van der Waals surface area (Å²) >= 11 is 3.00. The lowest BCUT2D eigenvalue weighted by atomic mass is 10.3. The van der Waals surface area contributed by atoms with Crippen molar-refractivity contribution in [2.24, 2.45) is 0 Å². The number of carbonyl (C=O) groups excluding carboxylic acids is 1. The van der Waals surface area contributed by atoms with Crippen molar-refractivity contribution in [3.8, 4) is 16.6 Å². The van der Waals surface area contributed by atoms with Crippen LogP contribution in [0.15, 0.2) is 36.9 Å². The Morgan fingerprint density at radius 2 is 2.21 bits per heavy atom. The molecule has 150 valence electrons. The molecule has 1 saturated carbocycles. The number of ether oxygens (including phenoxy) is 1. The molecule has 0 saturated heterocycles. The van der Waals surface area contributed by atoms with Crippen molar-refractivity contribution in [1.29, 1.82) is 0 Å². The zero-order chi connectivity index (χ0) is 20.1. The van der Waals surface area contributed by atoms with E-state index in [0.717, 1.165) is 11.4 Å². The van der Waals surface area contributed by atoms with Crippen molar-refractivity contribution >= 4 is 34.9 Å². The minimum absolute atomic E-state index is 0.199. The summed E-state index contributed by atoms with van der Waals surface area (Å²) in [6, 6.07) is 3.87. The van der Waals surface area contributed by atoms with Gasteiger partial charge in [0.05, 0.1) is 37.4 Å². The first-order valence-electron chi connectivity index (χ1n) is 9.27. The summed E-state index contributed by atoms with van der Waals surface area (Å²) in [6.45, 7) is 2.73. The highest BCUT2D eigenvalue weighted by atomic mass is 32.2. The molecule has 3 aromatic heterocycles. The fraction of sp³-hybridized carbons (Fsp3) is 0.316. The van der Waals surface area contributed by atoms with E-state index in [2.05, 4.69) is 30.0 Å². The maximum atomic E-state index is 12.5. The number of pyridine rings is 1. The van der Waals surface area contributed by atoms with Gasteiger partial charge in [-0.3, -0.25) is 14.8 Å². The average molecular weight is 429 g/mol. The lowest BCUT2D eigenvalue weighted by molar-refractivity contribution is 0.0954. The molecule has 8 nitrogen and oxygen atoms in total. The third-order valence-corrected chi connectivity index (χ3v) is 6.14. The number of rotatable bonds is 9. The summed E-state index contributed by atoms with van der Waals surface area (Å²) in [4.78, 5) is 30.1. The predicted octanol–water partition coefficient (Wildman–Crippen LogP) is 3.55. The Hall–Kier alpha value is -2.72. The van der Waals surface area contributed by atoms with Crippen LogP contribution in [0.2, 0.25) is 0 Å². The minimum Gasteiger partial charge on any atom is -0.477 e. The van der Waals surface area contributed by atoms with Crippen LogP contribution in [-0.2, 0) is 6.54 Å². The normalized spacial score (nSPS) is 13.1. The first kappa shape index (κ1) is 19.6. The van der Waals surface area contributed by atoms with Crippen molar-refractivity contribution in [3.63, 3.8) is 0 Å². The highest BCUT2D eigenvalue weighted by Crippen LogP contribution is 2.34. The quantitative estimate of drug-likeness (QED) is 0.499. The summed E-state index contributed by atoms with van der Waals surface area (Å²) in [5, 5.41) is 4.22. The molecule has 3 heterocycles. The Morgan fingerprint density at radius 1 is 1.31 bits per heavy atom. The van der Waals surface area contributed by atoms with Crippen LogP contribution in [0.25, 0.3) is 10.7 Å². The topological polar surface area (TPSA) is 102 Å². The van der Waals surface area contributed by atoms with E-state index in [4.69, 9.17) is 4.74 Å². The second-order valence-electron chi connectivity index (χ2n) is 6.34. The Morgan fingerprint density at radius 3 is 3.03 bits per heavy atom. The van der Waals surface area contributed by atoms with E-state index in [0.29, 0.717) is 39.9 Å². The van der Waals surface area contributed by atoms with Crippen molar-refractivity contribution in [2.45, 2.75) is 31.6 Å². The Labute approximate surface area is 176 Å². The van der Waals surface area contributed by atoms with Gasteiger partial charge in [-0.1, -0.05) is 0 Å². The van der Waals surface area contributed by atoms with Crippen LogP contribution in [0.1, 0.15) is 35.1 Å². The van der Waals surface area contributed by atoms with Crippen LogP contribution < -0.4 is 14.8 Å². The second-order valence-corrected chi connectivity index (χ2v) is 8.48. The van der Waals surface area contributed by atoms with Gasteiger partial charge in [0.25, 0.3) is 5.91 Å². The van der Waals surface area contributed by atoms with Gasteiger partial charge in [0, 0.05) is 17.1 Å². The molecule has 0 spiro atoms. The van der Waals surface area contributed by atoms with Crippen molar-refractivity contribution in [2.75, 3.05) is 11.3 Å². The number of nitrogens with zero attached hydrogens (tertiary/aromatic N) is 4. The van der Waals surface area contributed by atoms with Crippen LogP contribution in [-0.4, -0.2) is 37.7 Å². The zero-order valence-corrected chi connectivity index (χ0v) is 17.4. The summed E-state index contributed by atoms with van der Waals surface area (Å²) < 4.78 is 8.70. The standard InChI is InChI=1S/C19H20N6O2S2/c1-2-27-17-11-20-9-15(24-17)19-23-10-16(28-19)18(26)22-8-13-7-12(5-6-21-13)25-29-14-3-4-14/h5-7,9-11,14H,2-4,8H2,1H3,(H,21,25)(H,22,26). The third-order valence-electron chi connectivity index (χ3n) is 3.97. The van der Waals surface area contributed by atoms with Crippen LogP contribution in [0.5, 0.6) is 5.88 Å². The molecule has 0 aliphatic heterocycles. The Kier molecular flexibility index (Phi) is 6.20. The van der Waals surface area contributed by atoms with Gasteiger partial charge in [0.1, 0.15) is 15.6 Å². The molecule has 0 bridgehead atoms. The van der Waals surface area contributed by atoms with Gasteiger partial charge in [0.15, 0.2) is 0 Å². The molecule has 10 heteroatoms. The van der Waals surface area contributed by atoms with E-state index >= 15 is 0 Å². The zero-order valence-electron chi connectivity index (χ0n) is 15.8. The molecule has 0 radical (unpaired) electrons. The van der Waals surface area contributed by atoms with Gasteiger partial charge >= 0.3 is 0 Å². The first-order chi connectivity index (χ1) is 14.2. The Bertz CT molecular complexity index is 992. The molecule has 2 N–H and O–H groups in total. The average Bonchev–Trinajstić information content (AvgIpc) is 3.45. The van der Waals surface area contributed by atoms with E-state index in [1.165, 1.54) is 24.2 Å². The van der Waals surface area contributed by atoms with Crippen LogP contribution in [0.3, 0.4) is 0 Å². The molecule has 1 fully saturated rings. The van der Waals surface area contributed by atoms with Crippen molar-refractivity contribution < 1.29 is 9.53 Å². The van der Waals surface area contributed by atoms with Gasteiger partial charge in [-0.15, -0.1) is 11.3 Å². The lowest BCUT2D eigenvalue weighted by Crippen LogP contribution is -2.22. The van der Waals surface area contributed by atoms with Crippen LogP contribution in [0, 0.1) is 0 Å². The highest BCUT2D eigenvalue weighted by Gasteiger charge is 2.22. The largest absolute Gasteiger partial charge is 0.477 e.